The van der Waals surface area contributed by atoms with Gasteiger partial charge in [0.25, 0.3) is 0 Å². The molecule has 0 atom stereocenters. The van der Waals surface area contributed by atoms with Crippen molar-refractivity contribution in [3.8, 4) is 17.2 Å². The zero-order valence-corrected chi connectivity index (χ0v) is 12.7. The fourth-order valence-electron chi connectivity index (χ4n) is 1.60. The van der Waals surface area contributed by atoms with E-state index in [9.17, 15) is 4.79 Å². The van der Waals surface area contributed by atoms with Gasteiger partial charge < -0.3 is 18.9 Å². The first-order valence-electron chi connectivity index (χ1n) is 6.65. The summed E-state index contributed by atoms with van der Waals surface area (Å²) in [5, 5.41) is 0. The number of hydrogen-bond acceptors (Lipinski definition) is 5. The van der Waals surface area contributed by atoms with Crippen LogP contribution in [0.25, 0.3) is 0 Å². The van der Waals surface area contributed by atoms with Crippen molar-refractivity contribution in [3.63, 3.8) is 0 Å². The van der Waals surface area contributed by atoms with Crippen LogP contribution in [0.3, 0.4) is 0 Å². The molecule has 0 unspecified atom stereocenters. The van der Waals surface area contributed by atoms with E-state index in [1.54, 1.807) is 12.2 Å². The second-order valence-corrected chi connectivity index (χ2v) is 4.09. The van der Waals surface area contributed by atoms with Crippen molar-refractivity contribution >= 4 is 5.97 Å². The molecule has 0 radical (unpaired) electrons. The normalized spacial score (nSPS) is 9.50. The first-order valence-corrected chi connectivity index (χ1v) is 6.65. The first kappa shape index (κ1) is 17.4. The third-order valence-corrected chi connectivity index (χ3v) is 2.51. The van der Waals surface area contributed by atoms with Gasteiger partial charge in [-0.25, -0.2) is 4.79 Å². The maximum absolute atomic E-state index is 12.0. The highest BCUT2D eigenvalue weighted by molar-refractivity contribution is 5.91. The van der Waals surface area contributed by atoms with Gasteiger partial charge in [-0.1, -0.05) is 38.0 Å². The summed E-state index contributed by atoms with van der Waals surface area (Å²) >= 11 is 0. The van der Waals surface area contributed by atoms with Gasteiger partial charge in [-0.05, 0) is 12.1 Å². The van der Waals surface area contributed by atoms with E-state index >= 15 is 0 Å². The number of benzene rings is 1. The monoisotopic (exact) mass is 304 g/mol. The summed E-state index contributed by atoms with van der Waals surface area (Å²) in [6, 6.07) is 3.07. The van der Waals surface area contributed by atoms with E-state index in [0.717, 1.165) is 0 Å². The molecule has 0 aliphatic carbocycles. The lowest BCUT2D eigenvalue weighted by Gasteiger charge is -2.16. The summed E-state index contributed by atoms with van der Waals surface area (Å²) in [7, 11) is 1.48. The second kappa shape index (κ2) is 9.28. The Kier molecular flexibility index (Phi) is 7.33. The van der Waals surface area contributed by atoms with Gasteiger partial charge in [0.15, 0.2) is 11.5 Å². The van der Waals surface area contributed by atoms with E-state index in [-0.39, 0.29) is 19.8 Å². The molecule has 0 amide bonds. The van der Waals surface area contributed by atoms with Crippen LogP contribution >= 0.6 is 0 Å². The fraction of sp³-hybridized carbons (Fsp3) is 0.235. The molecule has 0 spiro atoms. The summed E-state index contributed by atoms with van der Waals surface area (Å²) in [4.78, 5) is 12.0. The van der Waals surface area contributed by atoms with Crippen molar-refractivity contribution < 1.29 is 23.7 Å². The van der Waals surface area contributed by atoms with Crippen LogP contribution in [0.15, 0.2) is 50.1 Å². The van der Waals surface area contributed by atoms with Gasteiger partial charge in [0.05, 0.1) is 12.7 Å². The molecule has 0 saturated carbocycles. The lowest BCUT2D eigenvalue weighted by molar-refractivity contribution is 0.0548. The Balaban J connectivity index is 3.19. The van der Waals surface area contributed by atoms with E-state index < -0.39 is 5.97 Å². The summed E-state index contributed by atoms with van der Waals surface area (Å²) in [6.07, 6.45) is 4.68. The molecule has 0 N–H and O–H groups in total. The van der Waals surface area contributed by atoms with Gasteiger partial charge in [-0.15, -0.1) is 0 Å². The van der Waals surface area contributed by atoms with Gasteiger partial charge in [0.2, 0.25) is 5.75 Å². The lowest BCUT2D eigenvalue weighted by Crippen LogP contribution is -2.08. The molecule has 1 aromatic rings. The molecule has 0 saturated heterocycles. The Bertz CT molecular complexity index is 548. The van der Waals surface area contributed by atoms with Gasteiger partial charge >= 0.3 is 5.97 Å². The largest absolute Gasteiger partial charge is 0.493 e. The quantitative estimate of drug-likeness (QED) is 0.491. The second-order valence-electron chi connectivity index (χ2n) is 4.09. The molecule has 5 heteroatoms. The Morgan fingerprint density at radius 1 is 1.00 bits per heavy atom. The smallest absolute Gasteiger partial charge is 0.338 e. The van der Waals surface area contributed by atoms with Crippen LogP contribution in [-0.2, 0) is 4.74 Å². The van der Waals surface area contributed by atoms with Crippen LogP contribution in [0.5, 0.6) is 17.2 Å². The minimum Gasteiger partial charge on any atom is -0.493 e. The summed E-state index contributed by atoms with van der Waals surface area (Å²) in [5.74, 6) is 0.627. The first-order chi connectivity index (χ1) is 10.7. The van der Waals surface area contributed by atoms with Crippen molar-refractivity contribution in [2.24, 2.45) is 0 Å². The highest BCUT2D eigenvalue weighted by atomic mass is 16.5. The molecule has 0 bridgehead atoms. The molecule has 0 aromatic heterocycles. The van der Waals surface area contributed by atoms with Crippen LogP contribution in [0.4, 0.5) is 0 Å². The van der Waals surface area contributed by atoms with Gasteiger partial charge in [0, 0.05) is 0 Å². The molecule has 0 fully saturated rings. The van der Waals surface area contributed by atoms with Crippen LogP contribution in [-0.4, -0.2) is 32.9 Å². The van der Waals surface area contributed by atoms with E-state index in [0.29, 0.717) is 22.8 Å². The highest BCUT2D eigenvalue weighted by Gasteiger charge is 2.18. The minimum atomic E-state index is -0.503. The van der Waals surface area contributed by atoms with Gasteiger partial charge in [-0.2, -0.15) is 0 Å². The molecule has 0 heterocycles. The number of rotatable bonds is 10. The van der Waals surface area contributed by atoms with Gasteiger partial charge in [-0.3, -0.25) is 0 Å². The molecule has 1 rings (SSSR count). The van der Waals surface area contributed by atoms with Gasteiger partial charge in [0.1, 0.15) is 19.8 Å². The van der Waals surface area contributed by atoms with E-state index in [1.165, 1.54) is 25.3 Å². The minimum absolute atomic E-state index is 0.124. The average Bonchev–Trinajstić information content (AvgIpc) is 2.55. The van der Waals surface area contributed by atoms with Crippen molar-refractivity contribution in [3.05, 3.63) is 55.7 Å². The number of hydrogen-bond donors (Lipinski definition) is 0. The number of ether oxygens (including phenoxy) is 4. The van der Waals surface area contributed by atoms with Crippen LogP contribution in [0.1, 0.15) is 10.4 Å². The topological polar surface area (TPSA) is 54.0 Å². The Hall–Kier alpha value is -2.69. The number of carbonyl (C=O) groups excluding carboxylic acids is 1. The summed E-state index contributed by atoms with van der Waals surface area (Å²) < 4.78 is 21.4. The molecule has 0 aliphatic heterocycles. The average molecular weight is 304 g/mol. The van der Waals surface area contributed by atoms with E-state index in [4.69, 9.17) is 18.9 Å². The number of methoxy groups -OCH3 is 1. The summed E-state index contributed by atoms with van der Waals surface area (Å²) in [6.45, 7) is 11.4. The molecular weight excluding hydrogens is 284 g/mol. The zero-order valence-electron chi connectivity index (χ0n) is 12.7. The van der Waals surface area contributed by atoms with Crippen molar-refractivity contribution in [2.45, 2.75) is 0 Å². The zero-order chi connectivity index (χ0) is 16.4. The molecule has 22 heavy (non-hydrogen) atoms. The molecule has 1 aromatic carbocycles. The van der Waals surface area contributed by atoms with E-state index in [1.807, 2.05) is 0 Å². The Morgan fingerprint density at radius 2 is 1.59 bits per heavy atom. The van der Waals surface area contributed by atoms with Crippen molar-refractivity contribution in [1.82, 2.24) is 0 Å². The maximum atomic E-state index is 12.0. The number of carbonyl (C=O) groups is 1. The summed E-state index contributed by atoms with van der Waals surface area (Å²) in [5.41, 5.74) is 0.295. The SMILES string of the molecule is C=CCOC(=O)c1cc(OC)c(OCC=C)c(OCC=C)c1. The predicted molar refractivity (Wildman–Crippen MR) is 84.9 cm³/mol. The van der Waals surface area contributed by atoms with Crippen molar-refractivity contribution in [2.75, 3.05) is 26.9 Å². The number of esters is 1. The standard InChI is InChI=1S/C17H20O5/c1-5-8-20-15-12-13(17(18)22-10-7-3)11-14(19-4)16(15)21-9-6-2/h5-7,11-12H,1-3,8-10H2,4H3. The van der Waals surface area contributed by atoms with E-state index in [2.05, 4.69) is 19.7 Å². The van der Waals surface area contributed by atoms with Crippen LogP contribution < -0.4 is 14.2 Å². The Labute approximate surface area is 130 Å². The molecule has 118 valence electrons. The fourth-order valence-corrected chi connectivity index (χ4v) is 1.60. The maximum Gasteiger partial charge on any atom is 0.338 e. The third kappa shape index (κ3) is 4.70. The lowest BCUT2D eigenvalue weighted by atomic mass is 10.2. The van der Waals surface area contributed by atoms with Crippen molar-refractivity contribution in [1.29, 1.82) is 0 Å². The van der Waals surface area contributed by atoms with Crippen LogP contribution in [0, 0.1) is 0 Å². The third-order valence-electron chi connectivity index (χ3n) is 2.51. The molecule has 0 aliphatic rings. The molecular formula is C17H20O5. The highest BCUT2D eigenvalue weighted by Crippen LogP contribution is 2.39. The predicted octanol–water partition coefficient (Wildman–Crippen LogP) is 3.17. The molecule has 5 nitrogen and oxygen atoms in total. The Morgan fingerprint density at radius 3 is 2.18 bits per heavy atom. The van der Waals surface area contributed by atoms with Crippen LogP contribution in [0.2, 0.25) is 0 Å².